The number of thioether (sulfide) groups is 1. The van der Waals surface area contributed by atoms with Gasteiger partial charge in [-0.15, -0.1) is 0 Å². The standard InChI is InChI=1S/C9H10BrNO2S/c1-6(9(12)13-2)14-8-7(10)4-3-5-11-8/h3-6H,1-2H3/t6-/m0/s1. The lowest BCUT2D eigenvalue weighted by Gasteiger charge is -2.08. The van der Waals surface area contributed by atoms with E-state index < -0.39 is 0 Å². The summed E-state index contributed by atoms with van der Waals surface area (Å²) in [5.41, 5.74) is 0. The third kappa shape index (κ3) is 2.99. The van der Waals surface area contributed by atoms with E-state index in [-0.39, 0.29) is 11.2 Å². The third-order valence-electron chi connectivity index (χ3n) is 1.55. The van der Waals surface area contributed by atoms with E-state index in [1.54, 1.807) is 13.1 Å². The summed E-state index contributed by atoms with van der Waals surface area (Å²) in [6, 6.07) is 3.72. The summed E-state index contributed by atoms with van der Waals surface area (Å²) in [7, 11) is 1.38. The number of ether oxygens (including phenoxy) is 1. The normalized spacial score (nSPS) is 12.2. The van der Waals surface area contributed by atoms with Crippen LogP contribution in [0.25, 0.3) is 0 Å². The second-order valence-corrected chi connectivity index (χ2v) is 4.76. The predicted octanol–water partition coefficient (Wildman–Crippen LogP) is 2.50. The lowest BCUT2D eigenvalue weighted by Crippen LogP contribution is -2.14. The highest BCUT2D eigenvalue weighted by atomic mass is 79.9. The van der Waals surface area contributed by atoms with Crippen molar-refractivity contribution in [2.45, 2.75) is 17.2 Å². The van der Waals surface area contributed by atoms with E-state index in [4.69, 9.17) is 0 Å². The number of hydrogen-bond donors (Lipinski definition) is 0. The summed E-state index contributed by atoms with van der Waals surface area (Å²) in [6.45, 7) is 1.79. The second-order valence-electron chi connectivity index (χ2n) is 2.57. The fraction of sp³-hybridized carbons (Fsp3) is 0.333. The van der Waals surface area contributed by atoms with Crippen LogP contribution in [-0.4, -0.2) is 23.3 Å². The number of carbonyl (C=O) groups excluding carboxylic acids is 1. The zero-order chi connectivity index (χ0) is 10.6. The molecular weight excluding hydrogens is 266 g/mol. The summed E-state index contributed by atoms with van der Waals surface area (Å²) in [6.07, 6.45) is 1.69. The lowest BCUT2D eigenvalue weighted by atomic mass is 10.5. The van der Waals surface area contributed by atoms with E-state index >= 15 is 0 Å². The fourth-order valence-corrected chi connectivity index (χ4v) is 2.20. The smallest absolute Gasteiger partial charge is 0.318 e. The van der Waals surface area contributed by atoms with Crippen LogP contribution in [0, 0.1) is 0 Å². The van der Waals surface area contributed by atoms with Gasteiger partial charge in [0.2, 0.25) is 0 Å². The first-order valence-electron chi connectivity index (χ1n) is 4.00. The van der Waals surface area contributed by atoms with Gasteiger partial charge in [0, 0.05) is 10.7 Å². The minimum absolute atomic E-state index is 0.243. The van der Waals surface area contributed by atoms with Crippen molar-refractivity contribution >= 4 is 33.7 Å². The van der Waals surface area contributed by atoms with Gasteiger partial charge >= 0.3 is 5.97 Å². The monoisotopic (exact) mass is 275 g/mol. The van der Waals surface area contributed by atoms with Crippen molar-refractivity contribution in [1.29, 1.82) is 0 Å². The zero-order valence-corrected chi connectivity index (χ0v) is 10.3. The number of rotatable bonds is 3. The first-order valence-corrected chi connectivity index (χ1v) is 5.67. The molecule has 0 aliphatic rings. The van der Waals surface area contributed by atoms with Crippen molar-refractivity contribution in [2.24, 2.45) is 0 Å². The largest absolute Gasteiger partial charge is 0.468 e. The van der Waals surface area contributed by atoms with E-state index in [2.05, 4.69) is 25.7 Å². The number of hydrogen-bond acceptors (Lipinski definition) is 4. The topological polar surface area (TPSA) is 39.2 Å². The number of methoxy groups -OCH3 is 1. The van der Waals surface area contributed by atoms with Gasteiger partial charge in [0.05, 0.1) is 7.11 Å². The molecule has 1 rings (SSSR count). The molecule has 0 amide bonds. The Kier molecular flexibility index (Phi) is 4.41. The van der Waals surface area contributed by atoms with Gasteiger partial charge in [-0.2, -0.15) is 0 Å². The molecule has 3 nitrogen and oxygen atoms in total. The van der Waals surface area contributed by atoms with Gasteiger partial charge in [0.15, 0.2) is 0 Å². The molecule has 0 aliphatic carbocycles. The molecule has 0 unspecified atom stereocenters. The molecule has 14 heavy (non-hydrogen) atoms. The van der Waals surface area contributed by atoms with Gasteiger partial charge < -0.3 is 4.74 Å². The maximum atomic E-state index is 11.1. The van der Waals surface area contributed by atoms with Gasteiger partial charge in [0.25, 0.3) is 0 Å². The Balaban J connectivity index is 2.69. The summed E-state index contributed by atoms with van der Waals surface area (Å²) in [5, 5.41) is 0.552. The van der Waals surface area contributed by atoms with E-state index in [0.717, 1.165) is 9.50 Å². The maximum Gasteiger partial charge on any atom is 0.318 e. The Morgan fingerprint density at radius 3 is 3.00 bits per heavy atom. The van der Waals surface area contributed by atoms with E-state index in [9.17, 15) is 4.79 Å². The molecule has 1 aromatic heterocycles. The Morgan fingerprint density at radius 2 is 2.43 bits per heavy atom. The average molecular weight is 276 g/mol. The van der Waals surface area contributed by atoms with Crippen molar-refractivity contribution < 1.29 is 9.53 Å². The molecule has 0 fully saturated rings. The van der Waals surface area contributed by atoms with Gasteiger partial charge in [-0.3, -0.25) is 4.79 Å². The summed E-state index contributed by atoms with van der Waals surface area (Å²) >= 11 is 4.73. The molecule has 0 N–H and O–H groups in total. The third-order valence-corrected chi connectivity index (χ3v) is 3.54. The number of aromatic nitrogens is 1. The maximum absolute atomic E-state index is 11.1. The van der Waals surface area contributed by atoms with Crippen LogP contribution in [-0.2, 0) is 9.53 Å². The van der Waals surface area contributed by atoms with Crippen molar-refractivity contribution in [3.63, 3.8) is 0 Å². The van der Waals surface area contributed by atoms with Crippen LogP contribution in [0.3, 0.4) is 0 Å². The molecule has 0 saturated heterocycles. The van der Waals surface area contributed by atoms with Gasteiger partial charge in [0.1, 0.15) is 10.3 Å². The van der Waals surface area contributed by atoms with Crippen molar-refractivity contribution in [1.82, 2.24) is 4.98 Å². The number of nitrogens with zero attached hydrogens (tertiary/aromatic N) is 1. The SMILES string of the molecule is COC(=O)[C@H](C)Sc1ncccc1Br. The lowest BCUT2D eigenvalue weighted by molar-refractivity contribution is -0.139. The number of esters is 1. The summed E-state index contributed by atoms with van der Waals surface area (Å²) in [4.78, 5) is 15.3. The summed E-state index contributed by atoms with van der Waals surface area (Å²) < 4.78 is 5.51. The molecule has 1 heterocycles. The van der Waals surface area contributed by atoms with E-state index in [1.807, 2.05) is 12.1 Å². The number of halogens is 1. The molecule has 1 atom stereocenters. The Bertz CT molecular complexity index is 332. The average Bonchev–Trinajstić information content (AvgIpc) is 2.20. The number of carbonyl (C=O) groups is 1. The van der Waals surface area contributed by atoms with Crippen LogP contribution < -0.4 is 0 Å². The first kappa shape index (κ1) is 11.5. The van der Waals surface area contributed by atoms with Crippen LogP contribution in [0.5, 0.6) is 0 Å². The van der Waals surface area contributed by atoms with Crippen molar-refractivity contribution in [2.75, 3.05) is 7.11 Å². The Morgan fingerprint density at radius 1 is 1.71 bits per heavy atom. The minimum atomic E-state index is -0.244. The van der Waals surface area contributed by atoms with Gasteiger partial charge in [-0.25, -0.2) is 4.98 Å². The predicted molar refractivity (Wildman–Crippen MR) is 59.3 cm³/mol. The number of pyridine rings is 1. The quantitative estimate of drug-likeness (QED) is 0.628. The summed E-state index contributed by atoms with van der Waals surface area (Å²) in [5.74, 6) is -0.243. The molecule has 0 spiro atoms. The molecule has 0 radical (unpaired) electrons. The molecule has 0 aliphatic heterocycles. The van der Waals surface area contributed by atoms with Gasteiger partial charge in [-0.1, -0.05) is 11.8 Å². The second kappa shape index (κ2) is 5.36. The van der Waals surface area contributed by atoms with Crippen LogP contribution in [0.4, 0.5) is 0 Å². The molecule has 76 valence electrons. The van der Waals surface area contributed by atoms with Gasteiger partial charge in [-0.05, 0) is 35.0 Å². The van der Waals surface area contributed by atoms with Crippen molar-refractivity contribution in [3.05, 3.63) is 22.8 Å². The highest BCUT2D eigenvalue weighted by Crippen LogP contribution is 2.28. The Labute approximate surface area is 95.4 Å². The molecule has 5 heteroatoms. The van der Waals surface area contributed by atoms with E-state index in [1.165, 1.54) is 18.9 Å². The molecule has 0 bridgehead atoms. The molecule has 1 aromatic rings. The molecule has 0 aromatic carbocycles. The van der Waals surface area contributed by atoms with E-state index in [0.29, 0.717) is 0 Å². The zero-order valence-electron chi connectivity index (χ0n) is 7.86. The first-order chi connectivity index (χ1) is 6.65. The van der Waals surface area contributed by atoms with Crippen LogP contribution in [0.2, 0.25) is 0 Å². The van der Waals surface area contributed by atoms with Crippen LogP contribution in [0.1, 0.15) is 6.92 Å². The van der Waals surface area contributed by atoms with Crippen LogP contribution in [0.15, 0.2) is 27.8 Å². The van der Waals surface area contributed by atoms with Crippen LogP contribution >= 0.6 is 27.7 Å². The fourth-order valence-electron chi connectivity index (χ4n) is 0.839. The van der Waals surface area contributed by atoms with Crippen molar-refractivity contribution in [3.8, 4) is 0 Å². The molecule has 0 saturated carbocycles. The highest BCUT2D eigenvalue weighted by Gasteiger charge is 2.16. The highest BCUT2D eigenvalue weighted by molar-refractivity contribution is 9.10. The Hall–Kier alpha value is -0.550. The minimum Gasteiger partial charge on any atom is -0.468 e. The molecular formula is C9H10BrNO2S.